The first-order chi connectivity index (χ1) is 9.01. The van der Waals surface area contributed by atoms with E-state index in [-0.39, 0.29) is 32.1 Å². The first kappa shape index (κ1) is 14.1. The summed E-state index contributed by atoms with van der Waals surface area (Å²) in [6.45, 7) is 0. The quantitative estimate of drug-likeness (QED) is 0.560. The lowest BCUT2D eigenvalue weighted by Gasteiger charge is -2.10. The fraction of sp³-hybridized carbons (Fsp3) is 0. The molecule has 2 aromatic rings. The summed E-state index contributed by atoms with van der Waals surface area (Å²) in [5.41, 5.74) is 0.0714. The second-order valence-corrected chi connectivity index (χ2v) is 4.82. The number of rotatable bonds is 3. The van der Waals surface area contributed by atoms with E-state index in [0.29, 0.717) is 6.29 Å². The van der Waals surface area contributed by atoms with Gasteiger partial charge < -0.3 is 4.74 Å². The van der Waals surface area contributed by atoms with Gasteiger partial charge in [0.25, 0.3) is 0 Å². The molecular weight excluding hydrogens is 313 g/mol. The summed E-state index contributed by atoms with van der Waals surface area (Å²) in [4.78, 5) is 10.8. The number of hydrogen-bond acceptors (Lipinski definition) is 2. The van der Waals surface area contributed by atoms with Crippen LogP contribution in [0, 0.1) is 5.82 Å². The topological polar surface area (TPSA) is 26.3 Å². The molecule has 0 aliphatic heterocycles. The van der Waals surface area contributed by atoms with Crippen molar-refractivity contribution in [1.82, 2.24) is 0 Å². The van der Waals surface area contributed by atoms with E-state index < -0.39 is 5.82 Å². The van der Waals surface area contributed by atoms with Gasteiger partial charge in [-0.1, -0.05) is 34.8 Å². The Labute approximate surface area is 123 Å². The van der Waals surface area contributed by atoms with E-state index in [9.17, 15) is 9.18 Å². The van der Waals surface area contributed by atoms with Crippen molar-refractivity contribution in [1.29, 1.82) is 0 Å². The number of ether oxygens (including phenoxy) is 1. The minimum absolute atomic E-state index is 0.0714. The number of hydrogen-bond donors (Lipinski definition) is 0. The van der Waals surface area contributed by atoms with Gasteiger partial charge in [0, 0.05) is 6.07 Å². The first-order valence-corrected chi connectivity index (χ1v) is 6.22. The minimum Gasteiger partial charge on any atom is -0.455 e. The largest absolute Gasteiger partial charge is 0.455 e. The maximum atomic E-state index is 13.0. The molecule has 0 aliphatic rings. The average molecular weight is 320 g/mol. The maximum Gasteiger partial charge on any atom is 0.153 e. The van der Waals surface area contributed by atoms with Gasteiger partial charge >= 0.3 is 0 Å². The summed E-state index contributed by atoms with van der Waals surface area (Å²) in [5.74, 6) is -0.128. The number of carbonyl (C=O) groups is 1. The summed E-state index contributed by atoms with van der Waals surface area (Å²) in [7, 11) is 0. The van der Waals surface area contributed by atoms with Crippen LogP contribution in [0.3, 0.4) is 0 Å². The SMILES string of the molecule is O=Cc1cc(F)ccc1Oc1cc(Cl)c(Cl)cc1Cl. The van der Waals surface area contributed by atoms with Crippen molar-refractivity contribution in [2.45, 2.75) is 0 Å². The van der Waals surface area contributed by atoms with Crippen LogP contribution >= 0.6 is 34.8 Å². The lowest BCUT2D eigenvalue weighted by molar-refractivity contribution is 0.112. The van der Waals surface area contributed by atoms with E-state index >= 15 is 0 Å². The molecule has 0 saturated carbocycles. The Hall–Kier alpha value is -1.29. The van der Waals surface area contributed by atoms with Crippen molar-refractivity contribution >= 4 is 41.1 Å². The molecule has 2 nitrogen and oxygen atoms in total. The molecule has 0 fully saturated rings. The van der Waals surface area contributed by atoms with Gasteiger partial charge in [0.15, 0.2) is 6.29 Å². The molecule has 19 heavy (non-hydrogen) atoms. The zero-order valence-corrected chi connectivity index (χ0v) is 11.6. The van der Waals surface area contributed by atoms with E-state index in [1.807, 2.05) is 0 Å². The third kappa shape index (κ3) is 3.18. The van der Waals surface area contributed by atoms with Crippen LogP contribution in [0.15, 0.2) is 30.3 Å². The van der Waals surface area contributed by atoms with Gasteiger partial charge in [-0.05, 0) is 24.3 Å². The second kappa shape index (κ2) is 5.78. The fourth-order valence-electron chi connectivity index (χ4n) is 1.41. The number of halogens is 4. The fourth-order valence-corrected chi connectivity index (χ4v) is 1.98. The highest BCUT2D eigenvalue weighted by Gasteiger charge is 2.11. The van der Waals surface area contributed by atoms with Crippen LogP contribution in [0.5, 0.6) is 11.5 Å². The molecule has 0 spiro atoms. The standard InChI is InChI=1S/C13H6Cl3FO2/c14-9-4-11(16)13(5-10(9)15)19-12-2-1-8(17)3-7(12)6-18/h1-6H. The highest BCUT2D eigenvalue weighted by atomic mass is 35.5. The van der Waals surface area contributed by atoms with Crippen molar-refractivity contribution in [2.24, 2.45) is 0 Å². The van der Waals surface area contributed by atoms with E-state index in [4.69, 9.17) is 39.5 Å². The summed E-state index contributed by atoms with van der Waals surface area (Å²) >= 11 is 17.6. The van der Waals surface area contributed by atoms with E-state index in [2.05, 4.69) is 0 Å². The number of carbonyl (C=O) groups excluding carboxylic acids is 1. The Morgan fingerprint density at radius 2 is 1.63 bits per heavy atom. The molecule has 2 rings (SSSR count). The summed E-state index contributed by atoms with van der Waals surface area (Å²) in [6.07, 6.45) is 0.490. The molecule has 6 heteroatoms. The van der Waals surface area contributed by atoms with Crippen LogP contribution in [0.2, 0.25) is 15.1 Å². The van der Waals surface area contributed by atoms with E-state index in [1.54, 1.807) is 0 Å². The van der Waals surface area contributed by atoms with Crippen LogP contribution in [-0.4, -0.2) is 6.29 Å². The molecule has 0 heterocycles. The third-order valence-electron chi connectivity index (χ3n) is 2.29. The second-order valence-electron chi connectivity index (χ2n) is 3.60. The van der Waals surface area contributed by atoms with Crippen LogP contribution in [0.25, 0.3) is 0 Å². The molecule has 0 amide bonds. The summed E-state index contributed by atoms with van der Waals surface area (Å²) in [5, 5.41) is 0.778. The van der Waals surface area contributed by atoms with Crippen LogP contribution in [-0.2, 0) is 0 Å². The lowest BCUT2D eigenvalue weighted by Crippen LogP contribution is -1.92. The van der Waals surface area contributed by atoms with Gasteiger partial charge in [0.1, 0.15) is 17.3 Å². The van der Waals surface area contributed by atoms with Gasteiger partial charge in [0.05, 0.1) is 20.6 Å². The molecule has 0 aromatic heterocycles. The monoisotopic (exact) mass is 318 g/mol. The Morgan fingerprint density at radius 1 is 0.947 bits per heavy atom. The predicted octanol–water partition coefficient (Wildman–Crippen LogP) is 5.39. The van der Waals surface area contributed by atoms with Crippen LogP contribution in [0.1, 0.15) is 10.4 Å². The highest BCUT2D eigenvalue weighted by Crippen LogP contribution is 2.37. The normalized spacial score (nSPS) is 10.3. The van der Waals surface area contributed by atoms with Crippen molar-refractivity contribution < 1.29 is 13.9 Å². The molecule has 2 aromatic carbocycles. The Kier molecular flexibility index (Phi) is 4.30. The molecule has 0 bridgehead atoms. The van der Waals surface area contributed by atoms with Crippen molar-refractivity contribution in [3.63, 3.8) is 0 Å². The van der Waals surface area contributed by atoms with E-state index in [1.165, 1.54) is 24.3 Å². The average Bonchev–Trinajstić information content (AvgIpc) is 2.37. The van der Waals surface area contributed by atoms with Gasteiger partial charge in [-0.25, -0.2) is 4.39 Å². The Morgan fingerprint density at radius 3 is 2.32 bits per heavy atom. The van der Waals surface area contributed by atoms with E-state index in [0.717, 1.165) is 6.07 Å². The molecule has 0 unspecified atom stereocenters. The summed E-state index contributed by atoms with van der Waals surface area (Å²) in [6, 6.07) is 6.41. The zero-order chi connectivity index (χ0) is 14.0. The van der Waals surface area contributed by atoms with Gasteiger partial charge in [0.2, 0.25) is 0 Å². The molecule has 0 N–H and O–H groups in total. The lowest BCUT2D eigenvalue weighted by atomic mass is 10.2. The predicted molar refractivity (Wildman–Crippen MR) is 73.3 cm³/mol. The van der Waals surface area contributed by atoms with Crippen LogP contribution < -0.4 is 4.74 Å². The first-order valence-electron chi connectivity index (χ1n) is 5.08. The van der Waals surface area contributed by atoms with Crippen molar-refractivity contribution in [3.05, 3.63) is 56.8 Å². The zero-order valence-electron chi connectivity index (χ0n) is 9.29. The van der Waals surface area contributed by atoms with Gasteiger partial charge in [-0.2, -0.15) is 0 Å². The molecule has 0 saturated heterocycles. The molecule has 0 aliphatic carbocycles. The van der Waals surface area contributed by atoms with Gasteiger partial charge in [-0.3, -0.25) is 4.79 Å². The Balaban J connectivity index is 2.41. The maximum absolute atomic E-state index is 13.0. The number of aldehydes is 1. The van der Waals surface area contributed by atoms with Crippen LogP contribution in [0.4, 0.5) is 4.39 Å². The van der Waals surface area contributed by atoms with Crippen molar-refractivity contribution in [3.8, 4) is 11.5 Å². The summed E-state index contributed by atoms with van der Waals surface area (Å²) < 4.78 is 18.4. The van der Waals surface area contributed by atoms with Gasteiger partial charge in [-0.15, -0.1) is 0 Å². The molecule has 0 atom stereocenters. The highest BCUT2D eigenvalue weighted by molar-refractivity contribution is 6.43. The smallest absolute Gasteiger partial charge is 0.153 e. The Bertz CT molecular complexity index is 644. The minimum atomic E-state index is -0.533. The molecular formula is C13H6Cl3FO2. The molecule has 0 radical (unpaired) electrons. The third-order valence-corrected chi connectivity index (χ3v) is 3.31. The number of benzene rings is 2. The molecule has 98 valence electrons. The van der Waals surface area contributed by atoms with Crippen molar-refractivity contribution in [2.75, 3.05) is 0 Å².